The topological polar surface area (TPSA) is 57.2 Å². The molecule has 2 aromatic carbocycles. The van der Waals surface area contributed by atoms with Crippen molar-refractivity contribution in [1.82, 2.24) is 0 Å². The van der Waals surface area contributed by atoms with E-state index in [9.17, 15) is 5.11 Å². The Bertz CT molecular complexity index is 1030. The minimum Gasteiger partial charge on any atom is -0.387 e. The zero-order valence-corrected chi connectivity index (χ0v) is 23.1. The molecule has 0 radical (unpaired) electrons. The summed E-state index contributed by atoms with van der Waals surface area (Å²) in [6.07, 6.45) is 4.96. The fourth-order valence-electron chi connectivity index (χ4n) is 5.73. The maximum atomic E-state index is 11.5. The van der Waals surface area contributed by atoms with E-state index in [1.54, 1.807) is 11.8 Å². The van der Waals surface area contributed by atoms with Gasteiger partial charge in [-0.25, -0.2) is 0 Å². The summed E-state index contributed by atoms with van der Waals surface area (Å²) in [5.41, 5.74) is 1.76. The summed E-state index contributed by atoms with van der Waals surface area (Å²) >= 11 is 1.60. The summed E-state index contributed by atoms with van der Waals surface area (Å²) in [5.74, 6) is 8.27. The molecule has 0 spiro atoms. The van der Waals surface area contributed by atoms with Crippen molar-refractivity contribution in [2.24, 2.45) is 5.92 Å². The van der Waals surface area contributed by atoms with Crippen molar-refractivity contribution in [1.29, 1.82) is 0 Å². The van der Waals surface area contributed by atoms with Gasteiger partial charge in [-0.1, -0.05) is 112 Å². The van der Waals surface area contributed by atoms with E-state index >= 15 is 0 Å². The third-order valence-corrected chi connectivity index (χ3v) is 8.75. The zero-order valence-electron chi connectivity index (χ0n) is 22.2. The number of rotatable bonds is 8. The summed E-state index contributed by atoms with van der Waals surface area (Å²) in [7, 11) is 0. The van der Waals surface area contributed by atoms with Gasteiger partial charge in [-0.15, -0.1) is 11.8 Å². The van der Waals surface area contributed by atoms with Crippen LogP contribution in [-0.2, 0) is 25.4 Å². The average molecular weight is 537 g/mol. The van der Waals surface area contributed by atoms with Crippen molar-refractivity contribution in [3.8, 4) is 11.8 Å². The molecule has 1 N–H and O–H groups in total. The second kappa shape index (κ2) is 14.0. The van der Waals surface area contributed by atoms with Gasteiger partial charge < -0.3 is 24.1 Å². The van der Waals surface area contributed by atoms with Crippen molar-refractivity contribution in [3.63, 3.8) is 0 Å². The highest BCUT2D eigenvalue weighted by Crippen LogP contribution is 2.39. The number of aliphatic hydroxyl groups is 1. The summed E-state index contributed by atoms with van der Waals surface area (Å²) in [6, 6.07) is 20.2. The van der Waals surface area contributed by atoms with E-state index in [2.05, 4.69) is 30.9 Å². The van der Waals surface area contributed by atoms with Crippen molar-refractivity contribution in [2.45, 2.75) is 94.1 Å². The standard InChI is InChI=1S/C32H40O5S/c1-2-38-32-28(33)30(29-27(36-32)22-34-31(37-29)25-18-10-5-11-19-25)35-26(21-24-15-8-4-9-16-24)20-12-17-23-13-6-3-7-14-23/h3,5-7,10-11,13-14,18-19,24,26-33H,2,4,8-9,15-17,21-22H2,1H3/t26-,27?,28?,29+,30?,31?,32+/m1/s1. The van der Waals surface area contributed by atoms with Gasteiger partial charge in [-0.3, -0.25) is 0 Å². The summed E-state index contributed by atoms with van der Waals surface area (Å²) in [6.45, 7) is 2.47. The third kappa shape index (κ3) is 7.21. The Morgan fingerprint density at radius 1 is 1.00 bits per heavy atom. The molecule has 5 rings (SSSR count). The van der Waals surface area contributed by atoms with Crippen LogP contribution in [0.5, 0.6) is 0 Å². The first-order valence-corrected chi connectivity index (χ1v) is 15.2. The molecule has 3 aliphatic rings. The molecule has 0 amide bonds. The van der Waals surface area contributed by atoms with Crippen LogP contribution in [0, 0.1) is 17.8 Å². The van der Waals surface area contributed by atoms with E-state index in [1.165, 1.54) is 37.7 Å². The van der Waals surface area contributed by atoms with E-state index in [0.717, 1.165) is 17.7 Å². The number of aliphatic hydroxyl groups excluding tert-OH is 1. The fraction of sp³-hybridized carbons (Fsp3) is 0.562. The van der Waals surface area contributed by atoms with Gasteiger partial charge in [0, 0.05) is 12.0 Å². The van der Waals surface area contributed by atoms with Crippen LogP contribution in [0.15, 0.2) is 60.7 Å². The van der Waals surface area contributed by atoms with Gasteiger partial charge >= 0.3 is 0 Å². The molecule has 7 atom stereocenters. The number of fused-ring (bicyclic) bond motifs is 1. The Kier molecular flexibility index (Phi) is 10.2. The molecule has 6 heteroatoms. The number of hydrogen-bond donors (Lipinski definition) is 1. The molecule has 2 aromatic rings. The predicted octanol–water partition coefficient (Wildman–Crippen LogP) is 5.91. The third-order valence-electron chi connectivity index (χ3n) is 7.70. The van der Waals surface area contributed by atoms with E-state index in [1.807, 2.05) is 48.5 Å². The Balaban J connectivity index is 1.36. The van der Waals surface area contributed by atoms with Crippen LogP contribution in [0.25, 0.3) is 0 Å². The van der Waals surface area contributed by atoms with Crippen molar-refractivity contribution >= 4 is 11.8 Å². The molecule has 2 heterocycles. The first-order chi connectivity index (χ1) is 18.7. The maximum Gasteiger partial charge on any atom is 0.184 e. The van der Waals surface area contributed by atoms with Crippen molar-refractivity contribution < 1.29 is 24.1 Å². The lowest BCUT2D eigenvalue weighted by Gasteiger charge is -2.48. The maximum absolute atomic E-state index is 11.5. The van der Waals surface area contributed by atoms with Crippen LogP contribution in [0.3, 0.4) is 0 Å². The highest BCUT2D eigenvalue weighted by molar-refractivity contribution is 7.99. The van der Waals surface area contributed by atoms with Crippen LogP contribution in [0.4, 0.5) is 0 Å². The van der Waals surface area contributed by atoms with E-state index < -0.39 is 24.6 Å². The van der Waals surface area contributed by atoms with E-state index in [0.29, 0.717) is 18.9 Å². The highest BCUT2D eigenvalue weighted by Gasteiger charge is 2.50. The van der Waals surface area contributed by atoms with Crippen LogP contribution in [-0.4, -0.2) is 53.4 Å². The van der Waals surface area contributed by atoms with Crippen LogP contribution in [0.2, 0.25) is 0 Å². The zero-order chi connectivity index (χ0) is 26.2. The number of thioether (sulfide) groups is 1. The monoisotopic (exact) mass is 536 g/mol. The molecule has 2 saturated heterocycles. The molecule has 5 nitrogen and oxygen atoms in total. The molecular weight excluding hydrogens is 496 g/mol. The Morgan fingerprint density at radius 2 is 1.74 bits per heavy atom. The average Bonchev–Trinajstić information content (AvgIpc) is 2.96. The van der Waals surface area contributed by atoms with Gasteiger partial charge in [0.25, 0.3) is 0 Å². The highest BCUT2D eigenvalue weighted by atomic mass is 32.2. The summed E-state index contributed by atoms with van der Waals surface area (Å²) in [5, 5.41) is 11.5. The summed E-state index contributed by atoms with van der Waals surface area (Å²) < 4.78 is 25.6. The van der Waals surface area contributed by atoms with Crippen LogP contribution in [0.1, 0.15) is 62.9 Å². The molecule has 4 unspecified atom stereocenters. The Morgan fingerprint density at radius 3 is 2.47 bits per heavy atom. The first kappa shape index (κ1) is 27.7. The summed E-state index contributed by atoms with van der Waals surface area (Å²) in [4.78, 5) is 0. The van der Waals surface area contributed by atoms with Gasteiger partial charge in [0.1, 0.15) is 36.0 Å². The SMILES string of the molecule is CCS[C@@H]1OC2COC(c3ccccc3)O[C@@H]2C(O[C@H](C#CCc2ccccc2)CC2CCCCC2)C1O. The molecule has 0 bridgehead atoms. The number of benzene rings is 2. The van der Waals surface area contributed by atoms with Gasteiger partial charge in [-0.2, -0.15) is 0 Å². The molecule has 1 aliphatic carbocycles. The molecule has 0 aromatic heterocycles. The van der Waals surface area contributed by atoms with Crippen molar-refractivity contribution in [2.75, 3.05) is 12.4 Å². The fourth-order valence-corrected chi connectivity index (χ4v) is 6.63. The second-order valence-corrected chi connectivity index (χ2v) is 11.9. The minimum absolute atomic E-state index is 0.269. The van der Waals surface area contributed by atoms with Gasteiger partial charge in [-0.05, 0) is 23.7 Å². The lowest BCUT2D eigenvalue weighted by Crippen LogP contribution is -2.62. The number of hydrogen-bond acceptors (Lipinski definition) is 6. The van der Waals surface area contributed by atoms with Gasteiger partial charge in [0.15, 0.2) is 6.29 Å². The lowest BCUT2D eigenvalue weighted by molar-refractivity contribution is -0.326. The van der Waals surface area contributed by atoms with Gasteiger partial charge in [0.2, 0.25) is 0 Å². The molecular formula is C32H40O5S. The first-order valence-electron chi connectivity index (χ1n) is 14.2. The lowest BCUT2D eigenvalue weighted by atomic mass is 9.85. The minimum atomic E-state index is -0.819. The molecule has 1 saturated carbocycles. The second-order valence-electron chi connectivity index (χ2n) is 10.5. The number of ether oxygens (including phenoxy) is 4. The Labute approximate surface area is 231 Å². The van der Waals surface area contributed by atoms with E-state index in [-0.39, 0.29) is 17.6 Å². The van der Waals surface area contributed by atoms with Crippen LogP contribution >= 0.6 is 11.8 Å². The van der Waals surface area contributed by atoms with Gasteiger partial charge in [0.05, 0.1) is 6.61 Å². The molecule has 3 fully saturated rings. The predicted molar refractivity (Wildman–Crippen MR) is 151 cm³/mol. The largest absolute Gasteiger partial charge is 0.387 e. The molecule has 38 heavy (non-hydrogen) atoms. The quantitative estimate of drug-likeness (QED) is 0.424. The van der Waals surface area contributed by atoms with E-state index in [4.69, 9.17) is 18.9 Å². The smallest absolute Gasteiger partial charge is 0.184 e. The van der Waals surface area contributed by atoms with Crippen LogP contribution < -0.4 is 0 Å². The molecule has 204 valence electrons. The van der Waals surface area contributed by atoms with Crippen molar-refractivity contribution in [3.05, 3.63) is 71.8 Å². The molecule has 2 aliphatic heterocycles. The normalized spacial score (nSPS) is 30.6. The Hall–Kier alpha value is -1.85.